The van der Waals surface area contributed by atoms with Gasteiger partial charge in [0.25, 0.3) is 0 Å². The van der Waals surface area contributed by atoms with Crippen molar-refractivity contribution in [1.82, 2.24) is 4.57 Å². The van der Waals surface area contributed by atoms with Crippen LogP contribution in [0.5, 0.6) is 0 Å². The third-order valence-electron chi connectivity index (χ3n) is 2.30. The first-order valence-electron chi connectivity index (χ1n) is 4.96. The lowest BCUT2D eigenvalue weighted by atomic mass is 10.3. The van der Waals surface area contributed by atoms with Crippen LogP contribution in [-0.2, 0) is 0 Å². The Morgan fingerprint density at radius 2 is 2.00 bits per heavy atom. The lowest BCUT2D eigenvalue weighted by molar-refractivity contribution is 0.102. The molecule has 0 spiro atoms. The van der Waals surface area contributed by atoms with Crippen LogP contribution in [0.3, 0.4) is 0 Å². The minimum Gasteiger partial charge on any atom is -0.383 e. The van der Waals surface area contributed by atoms with Gasteiger partial charge in [0.1, 0.15) is 10.7 Å². The van der Waals surface area contributed by atoms with Crippen molar-refractivity contribution in [3.63, 3.8) is 0 Å². The normalized spacial score (nSPS) is 11.7. The summed E-state index contributed by atoms with van der Waals surface area (Å²) in [6.07, 6.45) is 0. The first kappa shape index (κ1) is 11.4. The monoisotopic (exact) mass is 248 g/mol. The lowest BCUT2D eigenvalue weighted by Gasteiger charge is -2.05. The van der Waals surface area contributed by atoms with E-state index in [4.69, 9.17) is 11.6 Å². The number of nitrogen functional groups attached to an aromatic ring is 1. The Labute approximate surface area is 102 Å². The van der Waals surface area contributed by atoms with E-state index in [1.165, 1.54) is 18.3 Å². The maximum absolute atomic E-state index is 11.4. The summed E-state index contributed by atoms with van der Waals surface area (Å²) in [7, 11) is 0. The van der Waals surface area contributed by atoms with Crippen molar-refractivity contribution >= 4 is 22.9 Å². The summed E-state index contributed by atoms with van der Waals surface area (Å²) >= 11 is 1.19. The Morgan fingerprint density at radius 1 is 1.35 bits per heavy atom. The van der Waals surface area contributed by atoms with Crippen LogP contribution in [0.15, 0.2) is 35.4 Å². The van der Waals surface area contributed by atoms with Crippen LogP contribution in [0.1, 0.15) is 16.6 Å². The minimum atomic E-state index is -0.0907. The summed E-state index contributed by atoms with van der Waals surface area (Å²) in [5.74, 6) is 5.60. The molecule has 5 nitrogen and oxygen atoms in total. The van der Waals surface area contributed by atoms with Crippen molar-refractivity contribution in [2.45, 2.75) is 6.92 Å². The number of Topliss-reactive ketones (excluding diaryl/α,β-unsaturated/α-hetero) is 1. The van der Waals surface area contributed by atoms with Crippen LogP contribution in [0, 0.1) is 0 Å². The first-order chi connectivity index (χ1) is 8.15. The number of carbonyl (C=O) groups excluding carboxylic acids is 1. The number of hydrogen-bond acceptors (Lipinski definition) is 5. The summed E-state index contributed by atoms with van der Waals surface area (Å²) in [6.45, 7) is 1.47. The summed E-state index contributed by atoms with van der Waals surface area (Å²) in [5, 5.41) is 3.66. The average molecular weight is 248 g/mol. The standard InChI is InChI=1S/C11H12N4OS/c1-7(16)9-10(12)15(11(14-13)17-9)8-5-3-2-4-6-8/h2-6H,12-13H2,1H3/b14-11-. The van der Waals surface area contributed by atoms with Gasteiger partial charge in [0, 0.05) is 12.6 Å². The Morgan fingerprint density at radius 3 is 2.53 bits per heavy atom. The number of thiazole rings is 1. The fourth-order valence-electron chi connectivity index (χ4n) is 1.56. The Hall–Kier alpha value is -2.08. The summed E-state index contributed by atoms with van der Waals surface area (Å²) in [5.41, 5.74) is 6.78. The van der Waals surface area contributed by atoms with Gasteiger partial charge < -0.3 is 11.6 Å². The topological polar surface area (TPSA) is 86.4 Å². The van der Waals surface area contributed by atoms with Gasteiger partial charge in [-0.1, -0.05) is 29.5 Å². The predicted molar refractivity (Wildman–Crippen MR) is 67.8 cm³/mol. The third-order valence-corrected chi connectivity index (χ3v) is 3.47. The van der Waals surface area contributed by atoms with Crippen molar-refractivity contribution in [2.75, 3.05) is 5.73 Å². The molecule has 1 heterocycles. The molecule has 0 aliphatic carbocycles. The zero-order valence-electron chi connectivity index (χ0n) is 9.25. The van der Waals surface area contributed by atoms with Gasteiger partial charge in [0.05, 0.1) is 0 Å². The zero-order valence-corrected chi connectivity index (χ0v) is 10.1. The smallest absolute Gasteiger partial charge is 0.214 e. The molecule has 2 rings (SSSR count). The highest BCUT2D eigenvalue weighted by Crippen LogP contribution is 2.19. The Balaban J connectivity index is 2.74. The number of rotatable bonds is 2. The van der Waals surface area contributed by atoms with Crippen molar-refractivity contribution in [1.29, 1.82) is 0 Å². The average Bonchev–Trinajstić information content (AvgIpc) is 2.67. The molecular formula is C11H12N4OS. The molecular weight excluding hydrogens is 236 g/mol. The van der Waals surface area contributed by atoms with Crippen molar-refractivity contribution < 1.29 is 4.79 Å². The van der Waals surface area contributed by atoms with Gasteiger partial charge in [-0.2, -0.15) is 5.10 Å². The van der Waals surface area contributed by atoms with Crippen molar-refractivity contribution in [2.24, 2.45) is 10.9 Å². The van der Waals surface area contributed by atoms with E-state index >= 15 is 0 Å². The van der Waals surface area contributed by atoms with Crippen LogP contribution in [0.4, 0.5) is 5.82 Å². The van der Waals surface area contributed by atoms with E-state index in [1.54, 1.807) is 4.57 Å². The van der Waals surface area contributed by atoms with Crippen molar-refractivity contribution in [3.05, 3.63) is 40.0 Å². The second-order valence-electron chi connectivity index (χ2n) is 3.46. The summed E-state index contributed by atoms with van der Waals surface area (Å²) in [4.78, 5) is 12.4. The van der Waals surface area contributed by atoms with Crippen LogP contribution in [0.2, 0.25) is 0 Å². The summed E-state index contributed by atoms with van der Waals surface area (Å²) < 4.78 is 1.67. The number of hydrogen-bond donors (Lipinski definition) is 2. The van der Waals surface area contributed by atoms with Gasteiger partial charge >= 0.3 is 0 Å². The number of carbonyl (C=O) groups is 1. The number of nitrogens with two attached hydrogens (primary N) is 2. The number of anilines is 1. The maximum Gasteiger partial charge on any atom is 0.214 e. The molecule has 0 radical (unpaired) electrons. The molecule has 1 aromatic heterocycles. The third kappa shape index (κ3) is 1.94. The molecule has 4 N–H and O–H groups in total. The molecule has 0 fully saturated rings. The fourth-order valence-corrected chi connectivity index (χ4v) is 2.43. The maximum atomic E-state index is 11.4. The van der Waals surface area contributed by atoms with E-state index in [2.05, 4.69) is 5.10 Å². The van der Waals surface area contributed by atoms with Crippen LogP contribution < -0.4 is 16.4 Å². The van der Waals surface area contributed by atoms with Gasteiger partial charge in [-0.25, -0.2) is 0 Å². The van der Waals surface area contributed by atoms with E-state index < -0.39 is 0 Å². The molecule has 2 aromatic rings. The molecule has 0 atom stereocenters. The lowest BCUT2D eigenvalue weighted by Crippen LogP contribution is -2.16. The number of nitrogens with zero attached hydrogens (tertiary/aromatic N) is 2. The molecule has 1 aromatic carbocycles. The SMILES string of the molecule is CC(=O)c1s/c(=N\N)n(-c2ccccc2)c1N. The first-order valence-corrected chi connectivity index (χ1v) is 5.78. The van der Waals surface area contributed by atoms with E-state index in [9.17, 15) is 4.79 Å². The van der Waals surface area contributed by atoms with Crippen molar-refractivity contribution in [3.8, 4) is 5.69 Å². The van der Waals surface area contributed by atoms with E-state index in [1.807, 2.05) is 30.3 Å². The quantitative estimate of drug-likeness (QED) is 0.474. The number of para-hydroxylation sites is 1. The van der Waals surface area contributed by atoms with Gasteiger partial charge in [0.15, 0.2) is 5.78 Å². The number of ketones is 1. The highest BCUT2D eigenvalue weighted by Gasteiger charge is 2.15. The highest BCUT2D eigenvalue weighted by molar-refractivity contribution is 7.12. The van der Waals surface area contributed by atoms with E-state index in [0.29, 0.717) is 15.5 Å². The predicted octanol–water partition coefficient (Wildman–Crippen LogP) is 1.10. The van der Waals surface area contributed by atoms with Crippen LogP contribution >= 0.6 is 11.3 Å². The second kappa shape index (κ2) is 4.42. The number of aromatic nitrogens is 1. The molecule has 0 saturated carbocycles. The molecule has 0 unspecified atom stereocenters. The Bertz CT molecular complexity index is 612. The second-order valence-corrected chi connectivity index (χ2v) is 4.43. The summed E-state index contributed by atoms with van der Waals surface area (Å²) in [6, 6.07) is 9.42. The minimum absolute atomic E-state index is 0.0907. The zero-order chi connectivity index (χ0) is 12.4. The van der Waals surface area contributed by atoms with Gasteiger partial charge in [-0.15, -0.1) is 0 Å². The molecule has 88 valence electrons. The van der Waals surface area contributed by atoms with Crippen LogP contribution in [0.25, 0.3) is 5.69 Å². The molecule has 0 aliphatic heterocycles. The van der Waals surface area contributed by atoms with Gasteiger partial charge in [-0.05, 0) is 12.1 Å². The molecule has 0 bridgehead atoms. The molecule has 0 amide bonds. The molecule has 17 heavy (non-hydrogen) atoms. The largest absolute Gasteiger partial charge is 0.383 e. The van der Waals surface area contributed by atoms with Gasteiger partial charge in [-0.3, -0.25) is 9.36 Å². The molecule has 0 saturated heterocycles. The fraction of sp³-hybridized carbons (Fsp3) is 0.0909. The van der Waals surface area contributed by atoms with Crippen LogP contribution in [-0.4, -0.2) is 10.4 Å². The molecule has 6 heteroatoms. The van der Waals surface area contributed by atoms with Gasteiger partial charge in [0.2, 0.25) is 4.80 Å². The Kier molecular flexibility index (Phi) is 2.97. The van der Waals surface area contributed by atoms with E-state index in [0.717, 1.165) is 5.69 Å². The number of benzene rings is 1. The highest BCUT2D eigenvalue weighted by atomic mass is 32.1. The molecule has 0 aliphatic rings. The van der Waals surface area contributed by atoms with E-state index in [-0.39, 0.29) is 5.78 Å².